The Labute approximate surface area is 290 Å². The molecule has 0 bridgehead atoms. The van der Waals surface area contributed by atoms with Crippen LogP contribution in [0.15, 0.2) is 119 Å². The van der Waals surface area contributed by atoms with Gasteiger partial charge in [0, 0.05) is 27.2 Å². The van der Waals surface area contributed by atoms with Crippen LogP contribution in [-0.2, 0) is 20.0 Å². The number of esters is 1. The van der Waals surface area contributed by atoms with Crippen molar-refractivity contribution in [3.05, 3.63) is 125 Å². The minimum Gasteiger partial charge on any atom is -0.507 e. The van der Waals surface area contributed by atoms with Gasteiger partial charge in [-0.15, -0.1) is 0 Å². The number of fused-ring (bicyclic) bond motifs is 2. The van der Waals surface area contributed by atoms with Gasteiger partial charge in [0.15, 0.2) is 5.75 Å². The van der Waals surface area contributed by atoms with Gasteiger partial charge in [0.1, 0.15) is 22.6 Å². The Balaban J connectivity index is 1.30. The molecule has 0 aliphatic carbocycles. The lowest BCUT2D eigenvalue weighted by atomic mass is 10.1. The Kier molecular flexibility index (Phi) is 9.01. The van der Waals surface area contributed by atoms with Gasteiger partial charge in [-0.3, -0.25) is 9.44 Å². The maximum Gasteiger partial charge on any atom is 0.347 e. The molecule has 0 amide bonds. The van der Waals surface area contributed by atoms with E-state index in [0.717, 1.165) is 18.2 Å². The number of rotatable bonds is 10. The number of nitrogens with one attached hydrogen (secondary N) is 2. The maximum atomic E-state index is 13.6. The third kappa shape index (κ3) is 6.46. The van der Waals surface area contributed by atoms with Gasteiger partial charge in [0.05, 0.1) is 28.3 Å². The lowest BCUT2D eigenvalue weighted by molar-refractivity contribution is 0.0681. The second-order valence-corrected chi connectivity index (χ2v) is 14.4. The third-order valence-corrected chi connectivity index (χ3v) is 10.8. The molecule has 50 heavy (non-hydrogen) atoms. The summed E-state index contributed by atoms with van der Waals surface area (Å²) in [6.45, 7) is 0. The number of carboxylic acids is 1. The number of hydrogen-bond acceptors (Lipinski definition) is 9. The van der Waals surface area contributed by atoms with Gasteiger partial charge in [-0.1, -0.05) is 66.2 Å². The highest BCUT2D eigenvalue weighted by Crippen LogP contribution is 2.36. The number of benzene rings is 6. The Bertz CT molecular complexity index is 2570. The number of anilines is 2. The average Bonchev–Trinajstić information content (AvgIpc) is 3.08. The summed E-state index contributed by atoms with van der Waals surface area (Å²) in [5, 5.41) is 22.5. The number of aromatic carboxylic acids is 1. The molecule has 0 unspecified atom stereocenters. The second kappa shape index (κ2) is 13.2. The molecule has 0 fully saturated rings. The predicted octanol–water partition coefficient (Wildman–Crippen LogP) is 6.88. The van der Waals surface area contributed by atoms with E-state index in [9.17, 15) is 36.6 Å². The number of aromatic hydroxyl groups is 1. The van der Waals surface area contributed by atoms with E-state index in [-0.39, 0.29) is 25.9 Å². The Morgan fingerprint density at radius 2 is 1.40 bits per heavy atom. The number of para-hydroxylation sites is 1. The number of carbonyl (C=O) groups is 2. The summed E-state index contributed by atoms with van der Waals surface area (Å²) in [4.78, 5) is 25.2. The van der Waals surface area contributed by atoms with Crippen LogP contribution in [0, 0.1) is 0 Å². The SMILES string of the molecule is COc1ccc(S(=O)(=O)Nc2ccc(C(=O)Oc3c(NS(=O)(=O)c4cccc5cccc(Cl)c45)cccc3C(=O)O)c(O)c2)c2ccccc12. The molecule has 0 aromatic heterocycles. The molecule has 0 atom stereocenters. The number of sulfonamides is 2. The number of ether oxygens (including phenoxy) is 2. The Morgan fingerprint density at radius 1 is 0.720 bits per heavy atom. The van der Waals surface area contributed by atoms with Crippen molar-refractivity contribution >= 4 is 76.5 Å². The first kappa shape index (κ1) is 34.0. The van der Waals surface area contributed by atoms with Gasteiger partial charge in [0.25, 0.3) is 20.0 Å². The highest BCUT2D eigenvalue weighted by atomic mass is 35.5. The molecule has 6 aromatic carbocycles. The van der Waals surface area contributed by atoms with Gasteiger partial charge < -0.3 is 19.7 Å². The number of carbonyl (C=O) groups excluding carboxylic acids is 1. The molecular formula is C35H25ClN2O10S2. The van der Waals surface area contributed by atoms with Crippen LogP contribution in [0.4, 0.5) is 11.4 Å². The number of halogens is 1. The summed E-state index contributed by atoms with van der Waals surface area (Å²) in [5.41, 5.74) is -1.53. The molecule has 0 heterocycles. The van der Waals surface area contributed by atoms with Gasteiger partial charge in [-0.25, -0.2) is 26.4 Å². The molecule has 0 aliphatic rings. The van der Waals surface area contributed by atoms with Crippen LogP contribution in [0.25, 0.3) is 21.5 Å². The van der Waals surface area contributed by atoms with Crippen LogP contribution in [0.2, 0.25) is 5.02 Å². The van der Waals surface area contributed by atoms with Crippen molar-refractivity contribution in [3.8, 4) is 17.2 Å². The van der Waals surface area contributed by atoms with E-state index in [4.69, 9.17) is 21.1 Å². The van der Waals surface area contributed by atoms with E-state index in [1.165, 1.54) is 55.6 Å². The smallest absolute Gasteiger partial charge is 0.347 e. The molecule has 6 aromatic rings. The number of carboxylic acid groups (broad SMARTS) is 1. The molecule has 0 spiro atoms. The van der Waals surface area contributed by atoms with E-state index < -0.39 is 60.3 Å². The molecule has 0 radical (unpaired) electrons. The van der Waals surface area contributed by atoms with E-state index >= 15 is 0 Å². The topological polar surface area (TPSA) is 185 Å². The molecule has 12 nitrogen and oxygen atoms in total. The monoisotopic (exact) mass is 732 g/mol. The predicted molar refractivity (Wildman–Crippen MR) is 188 cm³/mol. The normalized spacial score (nSPS) is 11.6. The number of phenols is 1. The third-order valence-electron chi connectivity index (χ3n) is 7.61. The van der Waals surface area contributed by atoms with E-state index in [1.54, 1.807) is 42.5 Å². The molecule has 0 aliphatic heterocycles. The zero-order valence-electron chi connectivity index (χ0n) is 25.7. The summed E-state index contributed by atoms with van der Waals surface area (Å²) >= 11 is 6.33. The summed E-state index contributed by atoms with van der Waals surface area (Å²) in [7, 11) is -7.19. The molecule has 0 saturated carbocycles. The number of phenolic OH excluding ortho intramolecular Hbond substituents is 1. The molecular weight excluding hydrogens is 708 g/mol. The summed E-state index contributed by atoms with van der Waals surface area (Å²) in [6.07, 6.45) is 0. The lowest BCUT2D eigenvalue weighted by Crippen LogP contribution is -2.18. The molecule has 4 N–H and O–H groups in total. The van der Waals surface area contributed by atoms with Gasteiger partial charge in [-0.05, 0) is 53.9 Å². The summed E-state index contributed by atoms with van der Waals surface area (Å²) in [6, 6.07) is 25.7. The largest absolute Gasteiger partial charge is 0.507 e. The number of hydrogen-bond donors (Lipinski definition) is 4. The fourth-order valence-corrected chi connectivity index (χ4v) is 8.28. The summed E-state index contributed by atoms with van der Waals surface area (Å²) < 4.78 is 69.4. The number of methoxy groups -OCH3 is 1. The minimum atomic E-state index is -4.44. The van der Waals surface area contributed by atoms with Crippen molar-refractivity contribution in [2.75, 3.05) is 16.6 Å². The van der Waals surface area contributed by atoms with Crippen LogP contribution >= 0.6 is 11.6 Å². The van der Waals surface area contributed by atoms with Crippen LogP contribution in [-0.4, -0.2) is 46.1 Å². The zero-order chi connectivity index (χ0) is 35.8. The van der Waals surface area contributed by atoms with Crippen LogP contribution in [0.5, 0.6) is 17.2 Å². The Morgan fingerprint density at radius 3 is 2.10 bits per heavy atom. The highest BCUT2D eigenvalue weighted by Gasteiger charge is 2.27. The molecule has 0 saturated heterocycles. The molecule has 254 valence electrons. The van der Waals surface area contributed by atoms with Crippen LogP contribution < -0.4 is 18.9 Å². The quantitative estimate of drug-likeness (QED) is 0.0855. The van der Waals surface area contributed by atoms with Crippen molar-refractivity contribution in [3.63, 3.8) is 0 Å². The van der Waals surface area contributed by atoms with Crippen molar-refractivity contribution < 1.29 is 46.1 Å². The summed E-state index contributed by atoms with van der Waals surface area (Å²) in [5.74, 6) is -3.70. The highest BCUT2D eigenvalue weighted by molar-refractivity contribution is 7.93. The van der Waals surface area contributed by atoms with Crippen molar-refractivity contribution in [2.24, 2.45) is 0 Å². The van der Waals surface area contributed by atoms with Crippen molar-refractivity contribution in [1.29, 1.82) is 0 Å². The first-order valence-corrected chi connectivity index (χ1v) is 17.9. The first-order chi connectivity index (χ1) is 23.8. The molecule has 6 rings (SSSR count). The van der Waals surface area contributed by atoms with E-state index in [0.29, 0.717) is 21.9 Å². The van der Waals surface area contributed by atoms with Gasteiger partial charge in [0.2, 0.25) is 0 Å². The zero-order valence-corrected chi connectivity index (χ0v) is 28.1. The Hall–Kier alpha value is -5.83. The van der Waals surface area contributed by atoms with E-state index in [1.807, 2.05) is 0 Å². The first-order valence-electron chi connectivity index (χ1n) is 14.5. The second-order valence-electron chi connectivity index (χ2n) is 10.7. The van der Waals surface area contributed by atoms with Crippen molar-refractivity contribution in [2.45, 2.75) is 9.79 Å². The maximum absolute atomic E-state index is 13.6. The van der Waals surface area contributed by atoms with Gasteiger partial charge in [-0.2, -0.15) is 0 Å². The average molecular weight is 733 g/mol. The molecule has 15 heteroatoms. The lowest BCUT2D eigenvalue weighted by Gasteiger charge is -2.16. The fourth-order valence-electron chi connectivity index (χ4n) is 5.36. The van der Waals surface area contributed by atoms with E-state index in [2.05, 4.69) is 9.44 Å². The minimum absolute atomic E-state index is 0.0668. The van der Waals surface area contributed by atoms with Crippen LogP contribution in [0.1, 0.15) is 20.7 Å². The fraction of sp³-hybridized carbons (Fsp3) is 0.0286. The standard InChI is InChI=1S/C35H25ClN2O10S2/c1-47-29-17-18-30(23-10-3-2-9-22(23)29)49(43,44)37-21-15-16-24(28(39)19-21)35(42)48-33-25(34(40)41)11-6-13-27(33)38-50(45,46)31-14-5-8-20-7-4-12-26(36)32(20)31/h2-19,37-39H,1H3,(H,40,41). The van der Waals surface area contributed by atoms with Gasteiger partial charge >= 0.3 is 11.9 Å². The van der Waals surface area contributed by atoms with Crippen LogP contribution in [0.3, 0.4) is 0 Å². The van der Waals surface area contributed by atoms with Crippen molar-refractivity contribution in [1.82, 2.24) is 0 Å².